The van der Waals surface area contributed by atoms with E-state index in [4.69, 9.17) is 0 Å². The molecule has 0 saturated heterocycles. The molecule has 0 fully saturated rings. The second-order valence-corrected chi connectivity index (χ2v) is 6.18. The normalized spacial score (nSPS) is 11.7. The summed E-state index contributed by atoms with van der Waals surface area (Å²) in [6.45, 7) is 8.34. The average molecular weight is 341 g/mol. The Bertz CT molecular complexity index is 836. The summed E-state index contributed by atoms with van der Waals surface area (Å²) in [6.07, 6.45) is 0. The fraction of sp³-hybridized carbons (Fsp3) is 0.316. The van der Waals surface area contributed by atoms with Gasteiger partial charge in [-0.25, -0.2) is 0 Å². The van der Waals surface area contributed by atoms with Crippen molar-refractivity contribution in [3.05, 3.63) is 52.3 Å². The van der Waals surface area contributed by atoms with E-state index in [1.54, 1.807) is 19.9 Å². The molecule has 0 aliphatic rings. The summed E-state index contributed by atoms with van der Waals surface area (Å²) in [7, 11) is 0. The fourth-order valence-electron chi connectivity index (χ4n) is 2.95. The zero-order valence-corrected chi connectivity index (χ0v) is 15.1. The molecule has 0 spiro atoms. The first-order valence-corrected chi connectivity index (χ1v) is 8.09. The molecular weight excluding hydrogens is 318 g/mol. The molecule has 25 heavy (non-hydrogen) atoms. The molecule has 0 bridgehead atoms. The number of rotatable bonds is 5. The van der Waals surface area contributed by atoms with Crippen molar-refractivity contribution in [1.82, 2.24) is 10.3 Å². The third-order valence-electron chi connectivity index (χ3n) is 4.07. The summed E-state index contributed by atoms with van der Waals surface area (Å²) < 4.78 is 0. The number of aryl methyl sites for hydroxylation is 1. The Hall–Kier alpha value is -2.89. The van der Waals surface area contributed by atoms with Crippen molar-refractivity contribution in [2.45, 2.75) is 40.7 Å². The summed E-state index contributed by atoms with van der Waals surface area (Å²) >= 11 is 0. The predicted molar refractivity (Wildman–Crippen MR) is 96.9 cm³/mol. The number of carbonyl (C=O) groups excluding carboxylic acids is 3. The molecular formula is C19H23N3O3. The van der Waals surface area contributed by atoms with Crippen LogP contribution in [0.2, 0.25) is 0 Å². The van der Waals surface area contributed by atoms with Crippen LogP contribution < -0.4 is 10.6 Å². The van der Waals surface area contributed by atoms with Crippen molar-refractivity contribution in [2.75, 3.05) is 5.32 Å². The molecule has 2 amide bonds. The molecule has 0 radical (unpaired) electrons. The molecule has 6 nitrogen and oxygen atoms in total. The van der Waals surface area contributed by atoms with Gasteiger partial charge in [0.05, 0.1) is 6.04 Å². The number of carbonyl (C=O) groups is 3. The van der Waals surface area contributed by atoms with E-state index in [2.05, 4.69) is 15.6 Å². The van der Waals surface area contributed by atoms with Gasteiger partial charge in [-0.1, -0.05) is 12.1 Å². The van der Waals surface area contributed by atoms with E-state index in [0.717, 1.165) is 5.56 Å². The van der Waals surface area contributed by atoms with Crippen LogP contribution in [0.15, 0.2) is 24.3 Å². The van der Waals surface area contributed by atoms with Gasteiger partial charge < -0.3 is 15.6 Å². The minimum absolute atomic E-state index is 0.0682. The van der Waals surface area contributed by atoms with E-state index in [1.165, 1.54) is 13.8 Å². The van der Waals surface area contributed by atoms with Gasteiger partial charge in [0.15, 0.2) is 5.78 Å². The second kappa shape index (κ2) is 7.34. The number of ketones is 1. The van der Waals surface area contributed by atoms with Crippen LogP contribution in [0.1, 0.15) is 64.5 Å². The standard InChI is InChI=1S/C19H23N3O3/c1-10-17(13(4)23)12(3)20-18(10)19(25)21-11(2)15-7-6-8-16(9-15)22-14(5)24/h6-9,11,20H,1-5H3,(H,21,25)(H,22,24). The minimum atomic E-state index is -0.273. The van der Waals surface area contributed by atoms with E-state index in [0.29, 0.717) is 28.2 Å². The zero-order valence-electron chi connectivity index (χ0n) is 15.1. The van der Waals surface area contributed by atoms with Gasteiger partial charge in [-0.2, -0.15) is 0 Å². The van der Waals surface area contributed by atoms with Crippen LogP contribution in [-0.4, -0.2) is 22.6 Å². The number of hydrogen-bond acceptors (Lipinski definition) is 3. The zero-order chi connectivity index (χ0) is 18.7. The first kappa shape index (κ1) is 18.4. The Morgan fingerprint density at radius 3 is 2.36 bits per heavy atom. The summed E-state index contributed by atoms with van der Waals surface area (Å²) in [5.41, 5.74) is 3.85. The molecule has 0 aliphatic heterocycles. The van der Waals surface area contributed by atoms with Crippen LogP contribution in [0.4, 0.5) is 5.69 Å². The molecule has 2 aromatic rings. The van der Waals surface area contributed by atoms with Crippen LogP contribution in [-0.2, 0) is 4.79 Å². The van der Waals surface area contributed by atoms with Crippen molar-refractivity contribution in [1.29, 1.82) is 0 Å². The third kappa shape index (κ3) is 4.15. The van der Waals surface area contributed by atoms with Gasteiger partial charge in [0, 0.05) is 23.9 Å². The van der Waals surface area contributed by atoms with Gasteiger partial charge in [-0.3, -0.25) is 14.4 Å². The molecule has 1 heterocycles. The highest BCUT2D eigenvalue weighted by molar-refractivity contribution is 6.02. The number of Topliss-reactive ketones (excluding diaryl/α,β-unsaturated/α-hetero) is 1. The van der Waals surface area contributed by atoms with Gasteiger partial charge in [-0.15, -0.1) is 0 Å². The number of amides is 2. The molecule has 1 aromatic carbocycles. The van der Waals surface area contributed by atoms with Crippen molar-refractivity contribution in [2.24, 2.45) is 0 Å². The quantitative estimate of drug-likeness (QED) is 0.729. The maximum atomic E-state index is 12.6. The lowest BCUT2D eigenvalue weighted by Crippen LogP contribution is -2.27. The summed E-state index contributed by atoms with van der Waals surface area (Å²) in [5.74, 6) is -0.491. The van der Waals surface area contributed by atoms with Gasteiger partial charge in [0.1, 0.15) is 5.69 Å². The van der Waals surface area contributed by atoms with Crippen molar-refractivity contribution in [3.63, 3.8) is 0 Å². The number of nitrogens with one attached hydrogen (secondary N) is 3. The highest BCUT2D eigenvalue weighted by Crippen LogP contribution is 2.21. The van der Waals surface area contributed by atoms with Crippen LogP contribution in [0.25, 0.3) is 0 Å². The molecule has 1 aromatic heterocycles. The van der Waals surface area contributed by atoms with Crippen molar-refractivity contribution < 1.29 is 14.4 Å². The Kier molecular flexibility index (Phi) is 5.41. The molecule has 1 atom stereocenters. The number of aromatic nitrogens is 1. The topological polar surface area (TPSA) is 91.1 Å². The van der Waals surface area contributed by atoms with Gasteiger partial charge in [-0.05, 0) is 51.0 Å². The highest BCUT2D eigenvalue weighted by Gasteiger charge is 2.21. The Morgan fingerprint density at radius 1 is 1.12 bits per heavy atom. The lowest BCUT2D eigenvalue weighted by Gasteiger charge is -2.15. The van der Waals surface area contributed by atoms with Crippen LogP contribution in [0.3, 0.4) is 0 Å². The molecule has 132 valence electrons. The average Bonchev–Trinajstić information content (AvgIpc) is 2.81. The van der Waals surface area contributed by atoms with Crippen LogP contribution >= 0.6 is 0 Å². The molecule has 3 N–H and O–H groups in total. The maximum Gasteiger partial charge on any atom is 0.268 e. The Balaban J connectivity index is 2.19. The van der Waals surface area contributed by atoms with Crippen LogP contribution in [0, 0.1) is 13.8 Å². The largest absolute Gasteiger partial charge is 0.354 e. The van der Waals surface area contributed by atoms with Gasteiger partial charge in [0.25, 0.3) is 5.91 Å². The van der Waals surface area contributed by atoms with Gasteiger partial charge >= 0.3 is 0 Å². The molecule has 2 rings (SSSR count). The Labute approximate surface area is 147 Å². The first-order chi connectivity index (χ1) is 11.7. The second-order valence-electron chi connectivity index (χ2n) is 6.18. The monoisotopic (exact) mass is 341 g/mol. The number of aromatic amines is 1. The van der Waals surface area contributed by atoms with Crippen molar-refractivity contribution in [3.8, 4) is 0 Å². The molecule has 0 aliphatic carbocycles. The SMILES string of the molecule is CC(=O)Nc1cccc(C(C)NC(=O)c2[nH]c(C)c(C(C)=O)c2C)c1. The van der Waals surface area contributed by atoms with E-state index in [1.807, 2.05) is 25.1 Å². The summed E-state index contributed by atoms with van der Waals surface area (Å²) in [6, 6.07) is 7.05. The van der Waals surface area contributed by atoms with E-state index in [9.17, 15) is 14.4 Å². The number of benzene rings is 1. The van der Waals surface area contributed by atoms with Gasteiger partial charge in [0.2, 0.25) is 5.91 Å². The third-order valence-corrected chi connectivity index (χ3v) is 4.07. The Morgan fingerprint density at radius 2 is 1.80 bits per heavy atom. The lowest BCUT2D eigenvalue weighted by molar-refractivity contribution is -0.114. The lowest BCUT2D eigenvalue weighted by atomic mass is 10.1. The van der Waals surface area contributed by atoms with Crippen molar-refractivity contribution >= 4 is 23.3 Å². The number of H-pyrrole nitrogens is 1. The minimum Gasteiger partial charge on any atom is -0.354 e. The van der Waals surface area contributed by atoms with E-state index >= 15 is 0 Å². The number of anilines is 1. The fourth-order valence-corrected chi connectivity index (χ4v) is 2.95. The van der Waals surface area contributed by atoms with E-state index < -0.39 is 0 Å². The van der Waals surface area contributed by atoms with Crippen LogP contribution in [0.5, 0.6) is 0 Å². The summed E-state index contributed by atoms with van der Waals surface area (Å²) in [5, 5.41) is 5.64. The highest BCUT2D eigenvalue weighted by atomic mass is 16.2. The molecule has 6 heteroatoms. The summed E-state index contributed by atoms with van der Waals surface area (Å²) in [4.78, 5) is 38.5. The smallest absolute Gasteiger partial charge is 0.268 e. The van der Waals surface area contributed by atoms with E-state index in [-0.39, 0.29) is 23.6 Å². The molecule has 0 saturated carbocycles. The first-order valence-electron chi connectivity index (χ1n) is 8.09. The predicted octanol–water partition coefficient (Wildman–Crippen LogP) is 3.28. The molecule has 1 unspecified atom stereocenters. The number of hydrogen-bond donors (Lipinski definition) is 3. The maximum absolute atomic E-state index is 12.6.